The van der Waals surface area contributed by atoms with E-state index < -0.39 is 0 Å². The third kappa shape index (κ3) is 6.74. The fourth-order valence-electron chi connectivity index (χ4n) is 4.00. The van der Waals surface area contributed by atoms with Gasteiger partial charge in [-0.1, -0.05) is 17.3 Å². The van der Waals surface area contributed by atoms with Crippen molar-refractivity contribution in [3.05, 3.63) is 71.0 Å². The van der Waals surface area contributed by atoms with E-state index in [0.29, 0.717) is 37.3 Å². The van der Waals surface area contributed by atoms with Gasteiger partial charge >= 0.3 is 0 Å². The molecule has 0 bridgehead atoms. The second kappa shape index (κ2) is 12.0. The molecule has 1 saturated carbocycles. The quantitative estimate of drug-likeness (QED) is 0.366. The van der Waals surface area contributed by atoms with Gasteiger partial charge in [-0.2, -0.15) is 0 Å². The van der Waals surface area contributed by atoms with Gasteiger partial charge in [-0.15, -0.1) is 5.10 Å². The maximum Gasteiger partial charge on any atom is 0.273 e. The average Bonchev–Trinajstić information content (AvgIpc) is 3.61. The van der Waals surface area contributed by atoms with Crippen LogP contribution >= 0.6 is 0 Å². The molecule has 2 amide bonds. The molecule has 9 heteroatoms. The molecule has 1 atom stereocenters. The minimum absolute atomic E-state index is 0.126. The van der Waals surface area contributed by atoms with Gasteiger partial charge in [0.1, 0.15) is 5.75 Å². The second-order valence-electron chi connectivity index (χ2n) is 9.61. The first-order chi connectivity index (χ1) is 17.9. The number of ether oxygens (including phenoxy) is 1. The van der Waals surface area contributed by atoms with Crippen LogP contribution in [0.2, 0.25) is 0 Å². The summed E-state index contributed by atoms with van der Waals surface area (Å²) in [5.74, 6) is 0.498. The van der Waals surface area contributed by atoms with Crippen molar-refractivity contribution in [1.82, 2.24) is 30.5 Å². The van der Waals surface area contributed by atoms with Crippen LogP contribution in [0, 0.1) is 0 Å². The minimum Gasteiger partial charge on any atom is -0.494 e. The van der Waals surface area contributed by atoms with Crippen molar-refractivity contribution >= 4 is 11.8 Å². The van der Waals surface area contributed by atoms with Gasteiger partial charge in [0.25, 0.3) is 11.8 Å². The summed E-state index contributed by atoms with van der Waals surface area (Å²) in [5.41, 5.74) is 3.56. The number of rotatable bonds is 12. The zero-order valence-corrected chi connectivity index (χ0v) is 22.0. The van der Waals surface area contributed by atoms with Crippen molar-refractivity contribution in [2.75, 3.05) is 27.2 Å². The predicted molar refractivity (Wildman–Crippen MR) is 142 cm³/mol. The Morgan fingerprint density at radius 2 is 1.89 bits per heavy atom. The molecule has 2 N–H and O–H groups in total. The molecular formula is C28H36N6O3. The Hall–Kier alpha value is -3.72. The Balaban J connectivity index is 1.47. The first kappa shape index (κ1) is 26.3. The predicted octanol–water partition coefficient (Wildman–Crippen LogP) is 3.54. The highest BCUT2D eigenvalue weighted by molar-refractivity contribution is 5.94. The third-order valence-corrected chi connectivity index (χ3v) is 6.54. The van der Waals surface area contributed by atoms with Crippen LogP contribution in [0.15, 0.2) is 48.5 Å². The number of carbonyl (C=O) groups excluding carboxylic acids is 2. The molecule has 0 radical (unpaired) electrons. The van der Waals surface area contributed by atoms with E-state index in [9.17, 15) is 9.59 Å². The van der Waals surface area contributed by atoms with Gasteiger partial charge in [0.05, 0.1) is 18.0 Å². The van der Waals surface area contributed by atoms with E-state index in [-0.39, 0.29) is 23.9 Å². The fourth-order valence-corrected chi connectivity index (χ4v) is 4.00. The lowest BCUT2D eigenvalue weighted by Crippen LogP contribution is -2.27. The van der Waals surface area contributed by atoms with Gasteiger partial charge in [-0.05, 0) is 95.6 Å². The maximum atomic E-state index is 12.9. The van der Waals surface area contributed by atoms with E-state index in [0.717, 1.165) is 30.0 Å². The highest BCUT2D eigenvalue weighted by Gasteiger charge is 2.27. The topological polar surface area (TPSA) is 101 Å². The standard InChI is InChI=1S/C28H36N6O3/c1-5-29-27(35)20-11-15-23(16-12-20)34-25(26(31-32-34)28(36)30-22-13-14-22)10-7-17-37-24-9-6-8-21(18-24)19(2)33(3)4/h6,8-9,11-12,15-16,18-19,22H,5,7,10,13-14,17H2,1-4H3,(H,29,35)(H,30,36). The summed E-state index contributed by atoms with van der Waals surface area (Å²) in [7, 11) is 4.11. The number of nitrogens with one attached hydrogen (secondary N) is 2. The van der Waals surface area contributed by atoms with Crippen molar-refractivity contribution in [1.29, 1.82) is 0 Å². The van der Waals surface area contributed by atoms with Crippen LogP contribution in [0.5, 0.6) is 5.75 Å². The Morgan fingerprint density at radius 3 is 2.57 bits per heavy atom. The molecule has 0 aliphatic heterocycles. The van der Waals surface area contributed by atoms with E-state index in [1.165, 1.54) is 5.56 Å². The van der Waals surface area contributed by atoms with Crippen LogP contribution in [0.3, 0.4) is 0 Å². The fraction of sp³-hybridized carbons (Fsp3) is 0.429. The van der Waals surface area contributed by atoms with E-state index in [1.807, 2.05) is 31.2 Å². The number of aromatic nitrogens is 3. The molecule has 3 aromatic rings. The van der Waals surface area contributed by atoms with E-state index in [1.54, 1.807) is 16.8 Å². The molecule has 4 rings (SSSR count). The number of hydrogen-bond acceptors (Lipinski definition) is 6. The lowest BCUT2D eigenvalue weighted by Gasteiger charge is -2.20. The third-order valence-electron chi connectivity index (χ3n) is 6.54. The van der Waals surface area contributed by atoms with E-state index >= 15 is 0 Å². The summed E-state index contributed by atoms with van der Waals surface area (Å²) in [5, 5.41) is 14.3. The molecule has 1 unspecified atom stereocenters. The number of amides is 2. The highest BCUT2D eigenvalue weighted by atomic mass is 16.5. The molecule has 1 heterocycles. The van der Waals surface area contributed by atoms with Crippen molar-refractivity contribution in [2.45, 2.75) is 51.6 Å². The number of benzene rings is 2. The van der Waals surface area contributed by atoms with Gasteiger partial charge < -0.3 is 20.3 Å². The Bertz CT molecular complexity index is 1220. The van der Waals surface area contributed by atoms with Crippen LogP contribution in [0.25, 0.3) is 5.69 Å². The largest absolute Gasteiger partial charge is 0.494 e. The van der Waals surface area contributed by atoms with Gasteiger partial charge in [0.15, 0.2) is 5.69 Å². The van der Waals surface area contributed by atoms with Crippen LogP contribution < -0.4 is 15.4 Å². The van der Waals surface area contributed by atoms with Crippen LogP contribution in [-0.2, 0) is 6.42 Å². The van der Waals surface area contributed by atoms with Crippen molar-refractivity contribution in [2.24, 2.45) is 0 Å². The lowest BCUT2D eigenvalue weighted by atomic mass is 10.1. The molecule has 9 nitrogen and oxygen atoms in total. The maximum absolute atomic E-state index is 12.9. The molecule has 196 valence electrons. The van der Waals surface area contributed by atoms with Gasteiger partial charge in [-0.3, -0.25) is 9.59 Å². The Labute approximate surface area is 218 Å². The monoisotopic (exact) mass is 504 g/mol. The molecule has 1 fully saturated rings. The zero-order valence-electron chi connectivity index (χ0n) is 22.0. The molecule has 0 spiro atoms. The second-order valence-corrected chi connectivity index (χ2v) is 9.61. The van der Waals surface area contributed by atoms with Gasteiger partial charge in [0.2, 0.25) is 0 Å². The summed E-state index contributed by atoms with van der Waals surface area (Å²) >= 11 is 0. The van der Waals surface area contributed by atoms with Crippen LogP contribution in [-0.4, -0.2) is 65.0 Å². The molecule has 1 aromatic heterocycles. The number of hydrogen-bond donors (Lipinski definition) is 2. The normalized spacial score (nSPS) is 13.9. The number of nitrogens with zero attached hydrogens (tertiary/aromatic N) is 4. The summed E-state index contributed by atoms with van der Waals surface area (Å²) < 4.78 is 7.73. The molecule has 1 aliphatic rings. The SMILES string of the molecule is CCNC(=O)c1ccc(-n2nnc(C(=O)NC3CC3)c2CCCOc2cccc(C(C)N(C)C)c2)cc1. The molecule has 2 aromatic carbocycles. The minimum atomic E-state index is -0.200. The molecule has 37 heavy (non-hydrogen) atoms. The Morgan fingerprint density at radius 1 is 1.14 bits per heavy atom. The van der Waals surface area contributed by atoms with Gasteiger partial charge in [-0.25, -0.2) is 4.68 Å². The lowest BCUT2D eigenvalue weighted by molar-refractivity contribution is 0.0940. The highest BCUT2D eigenvalue weighted by Crippen LogP contribution is 2.23. The zero-order chi connectivity index (χ0) is 26.4. The number of carbonyl (C=O) groups is 2. The van der Waals surface area contributed by atoms with E-state index in [2.05, 4.69) is 59.0 Å². The van der Waals surface area contributed by atoms with Crippen LogP contribution in [0.1, 0.15) is 71.3 Å². The van der Waals surface area contributed by atoms with Crippen molar-refractivity contribution < 1.29 is 14.3 Å². The summed E-state index contributed by atoms with van der Waals surface area (Å²) in [6, 6.07) is 15.8. The first-order valence-electron chi connectivity index (χ1n) is 12.9. The molecular weight excluding hydrogens is 468 g/mol. The van der Waals surface area contributed by atoms with Crippen molar-refractivity contribution in [3.8, 4) is 11.4 Å². The van der Waals surface area contributed by atoms with Gasteiger partial charge in [0, 0.05) is 24.2 Å². The smallest absolute Gasteiger partial charge is 0.273 e. The summed E-state index contributed by atoms with van der Waals surface area (Å²) in [6.45, 7) is 5.09. The molecule has 0 saturated heterocycles. The van der Waals surface area contributed by atoms with Crippen LogP contribution in [0.4, 0.5) is 0 Å². The van der Waals surface area contributed by atoms with Crippen molar-refractivity contribution in [3.63, 3.8) is 0 Å². The summed E-state index contributed by atoms with van der Waals surface area (Å²) in [4.78, 5) is 27.2. The average molecular weight is 505 g/mol. The molecule has 1 aliphatic carbocycles. The Kier molecular flexibility index (Phi) is 8.55. The first-order valence-corrected chi connectivity index (χ1v) is 12.9. The summed E-state index contributed by atoms with van der Waals surface area (Å²) in [6.07, 6.45) is 3.24. The van der Waals surface area contributed by atoms with E-state index in [4.69, 9.17) is 4.74 Å².